The third kappa shape index (κ3) is 4.96. The highest BCUT2D eigenvalue weighted by Gasteiger charge is 2.18. The minimum atomic E-state index is -0.886. The molecular formula is C15H20BrNO3. The van der Waals surface area contributed by atoms with Gasteiger partial charge < -0.3 is 10.0 Å². The monoisotopic (exact) mass is 341 g/mol. The summed E-state index contributed by atoms with van der Waals surface area (Å²) < 4.78 is 0.984. The van der Waals surface area contributed by atoms with Crippen LogP contribution in [-0.2, 0) is 16.0 Å². The van der Waals surface area contributed by atoms with E-state index >= 15 is 0 Å². The lowest BCUT2D eigenvalue weighted by atomic mass is 10.0. The maximum Gasteiger partial charge on any atom is 0.305 e. The predicted octanol–water partition coefficient (Wildman–Crippen LogP) is 3.01. The Labute approximate surface area is 127 Å². The molecule has 1 N–H and O–H groups in total. The Morgan fingerprint density at radius 1 is 1.35 bits per heavy atom. The Morgan fingerprint density at radius 3 is 2.50 bits per heavy atom. The van der Waals surface area contributed by atoms with Crippen molar-refractivity contribution in [1.29, 1.82) is 0 Å². The largest absolute Gasteiger partial charge is 0.481 e. The molecular weight excluding hydrogens is 322 g/mol. The second kappa shape index (κ2) is 7.43. The molecule has 4 nitrogen and oxygen atoms in total. The lowest BCUT2D eigenvalue weighted by Crippen LogP contribution is -2.39. The summed E-state index contributed by atoms with van der Waals surface area (Å²) in [6.45, 7) is 6.01. The van der Waals surface area contributed by atoms with Crippen molar-refractivity contribution in [2.45, 2.75) is 39.7 Å². The number of carbonyl (C=O) groups excluding carboxylic acids is 1. The van der Waals surface area contributed by atoms with Crippen LogP contribution >= 0.6 is 15.9 Å². The van der Waals surface area contributed by atoms with E-state index in [4.69, 9.17) is 5.11 Å². The molecule has 0 saturated carbocycles. The number of carboxylic acids is 1. The fourth-order valence-corrected chi connectivity index (χ4v) is 2.48. The summed E-state index contributed by atoms with van der Waals surface area (Å²) in [4.78, 5) is 24.6. The molecule has 5 heteroatoms. The van der Waals surface area contributed by atoms with E-state index in [0.717, 1.165) is 15.6 Å². The molecule has 0 atom stereocenters. The summed E-state index contributed by atoms with van der Waals surface area (Å²) >= 11 is 3.39. The molecule has 0 aliphatic rings. The van der Waals surface area contributed by atoms with Gasteiger partial charge in [-0.05, 0) is 44.0 Å². The van der Waals surface area contributed by atoms with Crippen molar-refractivity contribution in [3.63, 3.8) is 0 Å². The Hall–Kier alpha value is -1.36. The summed E-state index contributed by atoms with van der Waals surface area (Å²) in [7, 11) is 0. The molecule has 0 spiro atoms. The van der Waals surface area contributed by atoms with Gasteiger partial charge in [0.2, 0.25) is 5.91 Å². The summed E-state index contributed by atoms with van der Waals surface area (Å²) in [6, 6.07) is 5.80. The van der Waals surface area contributed by atoms with Crippen LogP contribution in [0.1, 0.15) is 31.4 Å². The van der Waals surface area contributed by atoms with Gasteiger partial charge in [0.1, 0.15) is 0 Å². The molecule has 0 aromatic heterocycles. The average molecular weight is 342 g/mol. The molecule has 0 fully saturated rings. The van der Waals surface area contributed by atoms with Crippen LogP contribution in [-0.4, -0.2) is 34.5 Å². The molecule has 0 heterocycles. The highest BCUT2D eigenvalue weighted by Crippen LogP contribution is 2.17. The molecule has 1 aromatic carbocycles. The van der Waals surface area contributed by atoms with E-state index in [-0.39, 0.29) is 24.9 Å². The molecule has 0 aliphatic carbocycles. The van der Waals surface area contributed by atoms with Crippen molar-refractivity contribution in [2.75, 3.05) is 6.54 Å². The van der Waals surface area contributed by atoms with Crippen molar-refractivity contribution >= 4 is 27.8 Å². The number of rotatable bonds is 6. The van der Waals surface area contributed by atoms with Crippen LogP contribution in [0.25, 0.3) is 0 Å². The Bertz CT molecular complexity index is 500. The first-order chi connectivity index (χ1) is 9.31. The third-order valence-electron chi connectivity index (χ3n) is 3.16. The second-order valence-electron chi connectivity index (χ2n) is 5.07. The van der Waals surface area contributed by atoms with Gasteiger partial charge in [-0.15, -0.1) is 0 Å². The van der Waals surface area contributed by atoms with E-state index in [1.807, 2.05) is 39.0 Å². The molecule has 0 aliphatic heterocycles. The average Bonchev–Trinajstić information content (AvgIpc) is 2.32. The van der Waals surface area contributed by atoms with E-state index in [0.29, 0.717) is 6.42 Å². The normalized spacial score (nSPS) is 10.7. The molecule has 0 saturated heterocycles. The third-order valence-corrected chi connectivity index (χ3v) is 3.65. The van der Waals surface area contributed by atoms with Crippen molar-refractivity contribution in [1.82, 2.24) is 4.90 Å². The number of benzene rings is 1. The lowest BCUT2D eigenvalue weighted by molar-refractivity contribution is -0.139. The molecule has 0 unspecified atom stereocenters. The van der Waals surface area contributed by atoms with Crippen molar-refractivity contribution in [3.05, 3.63) is 33.8 Å². The summed E-state index contributed by atoms with van der Waals surface area (Å²) in [5.74, 6) is -0.921. The zero-order chi connectivity index (χ0) is 15.3. The summed E-state index contributed by atoms with van der Waals surface area (Å²) in [6.07, 6.45) is 0.278. The van der Waals surface area contributed by atoms with Crippen molar-refractivity contribution < 1.29 is 14.7 Å². The van der Waals surface area contributed by atoms with Crippen LogP contribution in [0.15, 0.2) is 22.7 Å². The minimum Gasteiger partial charge on any atom is -0.481 e. The summed E-state index contributed by atoms with van der Waals surface area (Å²) in [5.41, 5.74) is 2.02. The van der Waals surface area contributed by atoms with E-state index < -0.39 is 5.97 Å². The van der Waals surface area contributed by atoms with Gasteiger partial charge in [0, 0.05) is 17.1 Å². The standard InChI is InChI=1S/C15H20BrNO3/c1-10(2)17(7-6-15(19)20)14(18)9-12-4-5-13(16)8-11(12)3/h4-5,8,10H,6-7,9H2,1-3H3,(H,19,20). The Morgan fingerprint density at radius 2 is 2.00 bits per heavy atom. The van der Waals surface area contributed by atoms with Crippen LogP contribution in [0, 0.1) is 6.92 Å². The van der Waals surface area contributed by atoms with Crippen molar-refractivity contribution in [2.24, 2.45) is 0 Å². The smallest absolute Gasteiger partial charge is 0.305 e. The van der Waals surface area contributed by atoms with Crippen LogP contribution in [0.4, 0.5) is 0 Å². The number of aryl methyl sites for hydroxylation is 1. The lowest BCUT2D eigenvalue weighted by Gasteiger charge is -2.26. The van der Waals surface area contributed by atoms with Crippen LogP contribution in [0.3, 0.4) is 0 Å². The predicted molar refractivity (Wildman–Crippen MR) is 81.7 cm³/mol. The van der Waals surface area contributed by atoms with Gasteiger partial charge in [0.25, 0.3) is 0 Å². The maximum absolute atomic E-state index is 12.3. The van der Waals surface area contributed by atoms with Crippen molar-refractivity contribution in [3.8, 4) is 0 Å². The maximum atomic E-state index is 12.3. The fourth-order valence-electron chi connectivity index (χ4n) is 2.01. The second-order valence-corrected chi connectivity index (χ2v) is 5.99. The number of halogens is 1. The molecule has 1 aromatic rings. The number of carbonyl (C=O) groups is 2. The molecule has 20 heavy (non-hydrogen) atoms. The first-order valence-corrected chi connectivity index (χ1v) is 7.37. The van der Waals surface area contributed by atoms with Crippen LogP contribution in [0.2, 0.25) is 0 Å². The number of hydrogen-bond donors (Lipinski definition) is 1. The van der Waals surface area contributed by atoms with Gasteiger partial charge in [0.15, 0.2) is 0 Å². The molecule has 110 valence electrons. The van der Waals surface area contributed by atoms with E-state index in [2.05, 4.69) is 15.9 Å². The van der Waals surface area contributed by atoms with Crippen LogP contribution < -0.4 is 0 Å². The SMILES string of the molecule is Cc1cc(Br)ccc1CC(=O)N(CCC(=O)O)C(C)C. The fraction of sp³-hybridized carbons (Fsp3) is 0.467. The van der Waals surface area contributed by atoms with Crippen LogP contribution in [0.5, 0.6) is 0 Å². The first-order valence-electron chi connectivity index (χ1n) is 6.57. The zero-order valence-corrected chi connectivity index (χ0v) is 13.6. The first kappa shape index (κ1) is 16.7. The van der Waals surface area contributed by atoms with Gasteiger partial charge in [-0.25, -0.2) is 0 Å². The molecule has 1 amide bonds. The van der Waals surface area contributed by atoms with Gasteiger partial charge in [-0.1, -0.05) is 22.0 Å². The molecule has 0 bridgehead atoms. The molecule has 1 rings (SSSR count). The van der Waals surface area contributed by atoms with Gasteiger partial charge >= 0.3 is 5.97 Å². The number of nitrogens with zero attached hydrogens (tertiary/aromatic N) is 1. The van der Waals surface area contributed by atoms with E-state index in [1.54, 1.807) is 4.90 Å². The summed E-state index contributed by atoms with van der Waals surface area (Å²) in [5, 5.41) is 8.75. The van der Waals surface area contributed by atoms with Gasteiger partial charge in [-0.2, -0.15) is 0 Å². The van der Waals surface area contributed by atoms with Gasteiger partial charge in [0.05, 0.1) is 12.8 Å². The quantitative estimate of drug-likeness (QED) is 0.865. The van der Waals surface area contributed by atoms with E-state index in [1.165, 1.54) is 0 Å². The van der Waals surface area contributed by atoms with Gasteiger partial charge in [-0.3, -0.25) is 9.59 Å². The number of carboxylic acid groups (broad SMARTS) is 1. The topological polar surface area (TPSA) is 57.6 Å². The number of amides is 1. The Kier molecular flexibility index (Phi) is 6.20. The zero-order valence-electron chi connectivity index (χ0n) is 12.0. The Balaban J connectivity index is 2.77. The minimum absolute atomic E-state index is 0.00222. The van der Waals surface area contributed by atoms with E-state index in [9.17, 15) is 9.59 Å². The number of aliphatic carboxylic acids is 1. The molecule has 0 radical (unpaired) electrons. The highest BCUT2D eigenvalue weighted by atomic mass is 79.9. The number of hydrogen-bond acceptors (Lipinski definition) is 2. The highest BCUT2D eigenvalue weighted by molar-refractivity contribution is 9.10.